The maximum atomic E-state index is 4.67. The topological polar surface area (TPSA) is 55.6 Å². The molecular formula is C14H20BrN5. The number of anilines is 1. The summed E-state index contributed by atoms with van der Waals surface area (Å²) in [7, 11) is 1.89. The van der Waals surface area contributed by atoms with E-state index in [9.17, 15) is 0 Å². The number of hydrogen-bond donors (Lipinski definition) is 1. The predicted molar refractivity (Wildman–Crippen MR) is 84.8 cm³/mol. The van der Waals surface area contributed by atoms with Gasteiger partial charge in [0.1, 0.15) is 5.82 Å². The molecule has 1 N–H and O–H groups in total. The van der Waals surface area contributed by atoms with Crippen LogP contribution in [0.4, 0.5) is 5.82 Å². The molecule has 0 atom stereocenters. The van der Waals surface area contributed by atoms with E-state index in [1.54, 1.807) is 10.9 Å². The average Bonchev–Trinajstić information content (AvgIpc) is 2.84. The summed E-state index contributed by atoms with van der Waals surface area (Å²) in [6.45, 7) is 7.28. The minimum absolute atomic E-state index is 0.324. The van der Waals surface area contributed by atoms with Gasteiger partial charge in [-0.25, -0.2) is 9.97 Å². The molecule has 2 heterocycles. The van der Waals surface area contributed by atoms with Gasteiger partial charge in [-0.15, -0.1) is 0 Å². The quantitative estimate of drug-likeness (QED) is 0.905. The van der Waals surface area contributed by atoms with Crippen LogP contribution in [0.15, 0.2) is 16.9 Å². The second-order valence-corrected chi connectivity index (χ2v) is 5.87. The Labute approximate surface area is 128 Å². The Kier molecular flexibility index (Phi) is 4.75. The number of rotatable bonds is 5. The van der Waals surface area contributed by atoms with Crippen LogP contribution in [-0.4, -0.2) is 26.3 Å². The Morgan fingerprint density at radius 3 is 2.65 bits per heavy atom. The highest BCUT2D eigenvalue weighted by atomic mass is 79.9. The van der Waals surface area contributed by atoms with E-state index in [4.69, 9.17) is 0 Å². The van der Waals surface area contributed by atoms with Crippen LogP contribution in [0.2, 0.25) is 0 Å². The minimum atomic E-state index is 0.324. The van der Waals surface area contributed by atoms with Gasteiger partial charge in [-0.3, -0.25) is 4.68 Å². The molecule has 108 valence electrons. The highest BCUT2D eigenvalue weighted by Gasteiger charge is 2.16. The number of aryl methyl sites for hydroxylation is 1. The summed E-state index contributed by atoms with van der Waals surface area (Å²) in [6.07, 6.45) is 4.77. The summed E-state index contributed by atoms with van der Waals surface area (Å²) in [6, 6.07) is 0. The van der Waals surface area contributed by atoms with Crippen LogP contribution >= 0.6 is 15.9 Å². The lowest BCUT2D eigenvalue weighted by Gasteiger charge is -2.14. The van der Waals surface area contributed by atoms with E-state index in [0.717, 1.165) is 34.5 Å². The van der Waals surface area contributed by atoms with Gasteiger partial charge in [0, 0.05) is 19.8 Å². The van der Waals surface area contributed by atoms with Crippen molar-refractivity contribution in [1.82, 2.24) is 19.7 Å². The standard InChI is InChI=1S/C14H20BrN5/c1-5-6-16-14-11(15)12(9(2)3)18-13(19-14)10-7-17-20(4)8-10/h7-9H,5-6H2,1-4H3,(H,16,18,19). The second-order valence-electron chi connectivity index (χ2n) is 5.08. The first-order valence-corrected chi connectivity index (χ1v) is 7.62. The first-order valence-electron chi connectivity index (χ1n) is 6.83. The van der Waals surface area contributed by atoms with E-state index in [-0.39, 0.29) is 0 Å². The number of aromatic nitrogens is 4. The van der Waals surface area contributed by atoms with Crippen LogP contribution in [0.3, 0.4) is 0 Å². The van der Waals surface area contributed by atoms with Crippen molar-refractivity contribution in [2.24, 2.45) is 7.05 Å². The number of nitrogens with zero attached hydrogens (tertiary/aromatic N) is 4. The molecule has 0 amide bonds. The lowest BCUT2D eigenvalue weighted by molar-refractivity contribution is 0.767. The van der Waals surface area contributed by atoms with Crippen molar-refractivity contribution in [2.75, 3.05) is 11.9 Å². The Balaban J connectivity index is 2.49. The normalized spacial score (nSPS) is 11.1. The highest BCUT2D eigenvalue weighted by molar-refractivity contribution is 9.10. The van der Waals surface area contributed by atoms with Gasteiger partial charge in [-0.1, -0.05) is 20.8 Å². The van der Waals surface area contributed by atoms with Crippen molar-refractivity contribution >= 4 is 21.7 Å². The Morgan fingerprint density at radius 2 is 2.10 bits per heavy atom. The second kappa shape index (κ2) is 6.35. The largest absolute Gasteiger partial charge is 0.369 e. The van der Waals surface area contributed by atoms with Gasteiger partial charge in [0.2, 0.25) is 0 Å². The Morgan fingerprint density at radius 1 is 1.35 bits per heavy atom. The lowest BCUT2D eigenvalue weighted by Crippen LogP contribution is -2.08. The summed E-state index contributed by atoms with van der Waals surface area (Å²) in [4.78, 5) is 9.29. The van der Waals surface area contributed by atoms with Crippen molar-refractivity contribution in [3.05, 3.63) is 22.6 Å². The molecular weight excluding hydrogens is 318 g/mol. The molecule has 2 aromatic heterocycles. The molecule has 0 radical (unpaired) electrons. The summed E-state index contributed by atoms with van der Waals surface area (Å²) in [5, 5.41) is 7.54. The van der Waals surface area contributed by atoms with E-state index in [0.29, 0.717) is 11.7 Å². The first-order chi connectivity index (χ1) is 9.52. The maximum Gasteiger partial charge on any atom is 0.165 e. The number of halogens is 1. The SMILES string of the molecule is CCCNc1nc(-c2cnn(C)c2)nc(C(C)C)c1Br. The van der Waals surface area contributed by atoms with Crippen molar-refractivity contribution in [3.63, 3.8) is 0 Å². The first kappa shape index (κ1) is 15.0. The van der Waals surface area contributed by atoms with E-state index in [2.05, 4.69) is 57.1 Å². The van der Waals surface area contributed by atoms with Crippen molar-refractivity contribution in [1.29, 1.82) is 0 Å². The average molecular weight is 338 g/mol. The Bertz CT molecular complexity index is 591. The molecule has 5 nitrogen and oxygen atoms in total. The third-order valence-corrected chi connectivity index (χ3v) is 3.71. The van der Waals surface area contributed by atoms with Crippen LogP contribution in [-0.2, 0) is 7.05 Å². The van der Waals surface area contributed by atoms with Gasteiger partial charge < -0.3 is 5.32 Å². The van der Waals surface area contributed by atoms with Crippen molar-refractivity contribution < 1.29 is 0 Å². The third-order valence-electron chi connectivity index (χ3n) is 2.93. The monoisotopic (exact) mass is 337 g/mol. The summed E-state index contributed by atoms with van der Waals surface area (Å²) >= 11 is 3.62. The fourth-order valence-electron chi connectivity index (χ4n) is 1.87. The third kappa shape index (κ3) is 3.17. The van der Waals surface area contributed by atoms with E-state index < -0.39 is 0 Å². The summed E-state index contributed by atoms with van der Waals surface area (Å²) in [5.74, 6) is 1.89. The molecule has 0 aliphatic carbocycles. The fourth-order valence-corrected chi connectivity index (χ4v) is 2.65. The molecule has 0 aromatic carbocycles. The smallest absolute Gasteiger partial charge is 0.165 e. The van der Waals surface area contributed by atoms with E-state index in [1.807, 2.05) is 13.2 Å². The molecule has 0 spiro atoms. The van der Waals surface area contributed by atoms with Gasteiger partial charge in [0.15, 0.2) is 5.82 Å². The molecule has 0 saturated carbocycles. The van der Waals surface area contributed by atoms with Crippen LogP contribution in [0.25, 0.3) is 11.4 Å². The van der Waals surface area contributed by atoms with Crippen LogP contribution in [0, 0.1) is 0 Å². The zero-order chi connectivity index (χ0) is 14.7. The molecule has 0 bridgehead atoms. The number of hydrogen-bond acceptors (Lipinski definition) is 4. The van der Waals surface area contributed by atoms with Gasteiger partial charge >= 0.3 is 0 Å². The van der Waals surface area contributed by atoms with Crippen LogP contribution in [0.5, 0.6) is 0 Å². The summed E-state index contributed by atoms with van der Waals surface area (Å²) in [5.41, 5.74) is 1.94. The van der Waals surface area contributed by atoms with Gasteiger partial charge in [0.05, 0.1) is 21.9 Å². The van der Waals surface area contributed by atoms with Gasteiger partial charge in [-0.05, 0) is 28.3 Å². The fraction of sp³-hybridized carbons (Fsp3) is 0.500. The molecule has 20 heavy (non-hydrogen) atoms. The molecule has 0 unspecified atom stereocenters. The molecule has 0 fully saturated rings. The zero-order valence-corrected chi connectivity index (χ0v) is 13.9. The summed E-state index contributed by atoms with van der Waals surface area (Å²) < 4.78 is 2.71. The van der Waals surface area contributed by atoms with Crippen LogP contribution < -0.4 is 5.32 Å². The molecule has 0 saturated heterocycles. The lowest BCUT2D eigenvalue weighted by atomic mass is 10.1. The van der Waals surface area contributed by atoms with Crippen LogP contribution in [0.1, 0.15) is 38.8 Å². The zero-order valence-electron chi connectivity index (χ0n) is 12.3. The van der Waals surface area contributed by atoms with Crippen molar-refractivity contribution in [2.45, 2.75) is 33.1 Å². The predicted octanol–water partition coefficient (Wildman–Crippen LogP) is 3.58. The van der Waals surface area contributed by atoms with Crippen molar-refractivity contribution in [3.8, 4) is 11.4 Å². The Hall–Kier alpha value is -1.43. The van der Waals surface area contributed by atoms with Gasteiger partial charge in [0.25, 0.3) is 0 Å². The minimum Gasteiger partial charge on any atom is -0.369 e. The molecule has 0 aliphatic heterocycles. The molecule has 6 heteroatoms. The maximum absolute atomic E-state index is 4.67. The molecule has 2 aromatic rings. The highest BCUT2D eigenvalue weighted by Crippen LogP contribution is 2.31. The van der Waals surface area contributed by atoms with Gasteiger partial charge in [-0.2, -0.15) is 5.10 Å². The molecule has 0 aliphatic rings. The number of nitrogens with one attached hydrogen (secondary N) is 1. The molecule has 2 rings (SSSR count). The van der Waals surface area contributed by atoms with E-state index >= 15 is 0 Å². The van der Waals surface area contributed by atoms with E-state index in [1.165, 1.54) is 0 Å².